The van der Waals surface area contributed by atoms with E-state index < -0.39 is 10.0 Å². The van der Waals surface area contributed by atoms with Gasteiger partial charge in [0, 0.05) is 25.3 Å². The van der Waals surface area contributed by atoms with Gasteiger partial charge in [-0.2, -0.15) is 0 Å². The number of carbonyl (C=O) groups is 1. The van der Waals surface area contributed by atoms with Crippen LogP contribution in [-0.4, -0.2) is 53.8 Å². The first-order chi connectivity index (χ1) is 14.5. The molecule has 0 spiro atoms. The van der Waals surface area contributed by atoms with E-state index in [9.17, 15) is 13.2 Å². The lowest BCUT2D eigenvalue weighted by molar-refractivity contribution is 0.0679. The molecule has 1 aliphatic heterocycles. The van der Waals surface area contributed by atoms with Gasteiger partial charge in [-0.3, -0.25) is 4.79 Å². The number of benzene rings is 2. The van der Waals surface area contributed by atoms with Crippen molar-refractivity contribution in [2.75, 3.05) is 33.4 Å². The SMILES string of the molecule is COc1ccc(S(=O)(=O)NCCNC(=O)c2ccc(OC[C@H]3CCCO3)cc2)cc1. The number of nitrogens with one attached hydrogen (secondary N) is 2. The molecule has 0 radical (unpaired) electrons. The second-order valence-corrected chi connectivity index (χ2v) is 8.57. The van der Waals surface area contributed by atoms with Crippen molar-refractivity contribution in [3.63, 3.8) is 0 Å². The van der Waals surface area contributed by atoms with Crippen LogP contribution in [-0.2, 0) is 14.8 Å². The molecule has 0 unspecified atom stereocenters. The number of amides is 1. The van der Waals surface area contributed by atoms with Crippen LogP contribution in [0.25, 0.3) is 0 Å². The first-order valence-electron chi connectivity index (χ1n) is 9.74. The Bertz CT molecular complexity index is 923. The van der Waals surface area contributed by atoms with Crippen LogP contribution in [0.15, 0.2) is 53.4 Å². The minimum absolute atomic E-state index is 0.0721. The first-order valence-corrected chi connectivity index (χ1v) is 11.2. The van der Waals surface area contributed by atoms with E-state index in [1.165, 1.54) is 19.2 Å². The lowest BCUT2D eigenvalue weighted by atomic mass is 10.2. The van der Waals surface area contributed by atoms with E-state index in [1.54, 1.807) is 36.4 Å². The summed E-state index contributed by atoms with van der Waals surface area (Å²) in [6, 6.07) is 12.9. The average Bonchev–Trinajstić information content (AvgIpc) is 3.29. The van der Waals surface area contributed by atoms with Crippen molar-refractivity contribution in [3.8, 4) is 11.5 Å². The molecule has 2 aromatic carbocycles. The molecule has 30 heavy (non-hydrogen) atoms. The molecule has 1 atom stereocenters. The average molecular weight is 435 g/mol. The highest BCUT2D eigenvalue weighted by Gasteiger charge is 2.16. The molecule has 0 aromatic heterocycles. The van der Waals surface area contributed by atoms with Gasteiger partial charge in [0.05, 0.1) is 18.1 Å². The monoisotopic (exact) mass is 434 g/mol. The fourth-order valence-electron chi connectivity index (χ4n) is 2.97. The zero-order valence-electron chi connectivity index (χ0n) is 16.8. The van der Waals surface area contributed by atoms with Gasteiger partial charge in [0.25, 0.3) is 5.91 Å². The zero-order chi connectivity index (χ0) is 21.4. The van der Waals surface area contributed by atoms with E-state index in [0.29, 0.717) is 23.7 Å². The van der Waals surface area contributed by atoms with Gasteiger partial charge in [0.1, 0.15) is 18.1 Å². The number of sulfonamides is 1. The van der Waals surface area contributed by atoms with E-state index >= 15 is 0 Å². The molecule has 3 rings (SSSR count). The molecule has 2 aromatic rings. The van der Waals surface area contributed by atoms with E-state index in [0.717, 1.165) is 19.4 Å². The fraction of sp³-hybridized carbons (Fsp3) is 0.381. The van der Waals surface area contributed by atoms with Crippen molar-refractivity contribution in [2.45, 2.75) is 23.8 Å². The van der Waals surface area contributed by atoms with Gasteiger partial charge >= 0.3 is 0 Å². The van der Waals surface area contributed by atoms with Crippen LogP contribution >= 0.6 is 0 Å². The second-order valence-electron chi connectivity index (χ2n) is 6.80. The lowest BCUT2D eigenvalue weighted by Gasteiger charge is -2.12. The van der Waals surface area contributed by atoms with E-state index in [2.05, 4.69) is 10.0 Å². The largest absolute Gasteiger partial charge is 0.497 e. The fourth-order valence-corrected chi connectivity index (χ4v) is 4.00. The molecule has 1 fully saturated rings. The summed E-state index contributed by atoms with van der Waals surface area (Å²) in [4.78, 5) is 12.4. The third kappa shape index (κ3) is 6.19. The van der Waals surface area contributed by atoms with Crippen LogP contribution in [0.2, 0.25) is 0 Å². The minimum Gasteiger partial charge on any atom is -0.497 e. The molecule has 2 N–H and O–H groups in total. The highest BCUT2D eigenvalue weighted by molar-refractivity contribution is 7.89. The smallest absolute Gasteiger partial charge is 0.251 e. The van der Waals surface area contributed by atoms with Crippen LogP contribution < -0.4 is 19.5 Å². The van der Waals surface area contributed by atoms with Gasteiger partial charge in [0.15, 0.2) is 0 Å². The van der Waals surface area contributed by atoms with E-state index in [1.807, 2.05) is 0 Å². The van der Waals surface area contributed by atoms with Crippen LogP contribution in [0, 0.1) is 0 Å². The molecular formula is C21H26N2O6S. The van der Waals surface area contributed by atoms with E-state index in [4.69, 9.17) is 14.2 Å². The van der Waals surface area contributed by atoms with Crippen LogP contribution in [0.5, 0.6) is 11.5 Å². The molecule has 0 saturated carbocycles. The maximum absolute atomic E-state index is 12.3. The number of hydrogen-bond acceptors (Lipinski definition) is 6. The second kappa shape index (κ2) is 10.4. The molecule has 9 heteroatoms. The number of methoxy groups -OCH3 is 1. The van der Waals surface area contributed by atoms with Crippen LogP contribution in [0.3, 0.4) is 0 Å². The van der Waals surface area contributed by atoms with Crippen molar-refractivity contribution in [2.24, 2.45) is 0 Å². The highest BCUT2D eigenvalue weighted by atomic mass is 32.2. The molecule has 1 amide bonds. The maximum Gasteiger partial charge on any atom is 0.251 e. The summed E-state index contributed by atoms with van der Waals surface area (Å²) < 4.78 is 43.2. The summed E-state index contributed by atoms with van der Waals surface area (Å²) >= 11 is 0. The van der Waals surface area contributed by atoms with Gasteiger partial charge in [-0.15, -0.1) is 0 Å². The zero-order valence-corrected chi connectivity index (χ0v) is 17.6. The Balaban J connectivity index is 1.41. The third-order valence-corrected chi connectivity index (χ3v) is 6.13. The maximum atomic E-state index is 12.3. The Labute approximate surface area is 176 Å². The lowest BCUT2D eigenvalue weighted by Crippen LogP contribution is -2.34. The molecule has 162 valence electrons. The van der Waals surface area contributed by atoms with Gasteiger partial charge in [0.2, 0.25) is 10.0 Å². The van der Waals surface area contributed by atoms with Crippen molar-refractivity contribution < 1.29 is 27.4 Å². The van der Waals surface area contributed by atoms with Gasteiger partial charge in [-0.25, -0.2) is 13.1 Å². The van der Waals surface area contributed by atoms with Gasteiger partial charge < -0.3 is 19.5 Å². The molecular weight excluding hydrogens is 408 g/mol. The van der Waals surface area contributed by atoms with Crippen molar-refractivity contribution in [1.29, 1.82) is 0 Å². The van der Waals surface area contributed by atoms with Gasteiger partial charge in [-0.05, 0) is 61.4 Å². The molecule has 0 bridgehead atoms. The number of hydrogen-bond donors (Lipinski definition) is 2. The summed E-state index contributed by atoms with van der Waals surface area (Å²) in [5.74, 6) is 0.961. The van der Waals surface area contributed by atoms with Crippen molar-refractivity contribution in [3.05, 3.63) is 54.1 Å². The minimum atomic E-state index is -3.65. The number of ether oxygens (including phenoxy) is 3. The quantitative estimate of drug-likeness (QED) is 0.554. The number of rotatable bonds is 10. The van der Waals surface area contributed by atoms with Crippen molar-refractivity contribution >= 4 is 15.9 Å². The third-order valence-electron chi connectivity index (χ3n) is 4.65. The molecule has 1 saturated heterocycles. The van der Waals surface area contributed by atoms with Crippen LogP contribution in [0.1, 0.15) is 23.2 Å². The standard InChI is InChI=1S/C21H26N2O6S/c1-27-17-8-10-20(11-9-17)30(25,26)23-13-12-22-21(24)16-4-6-18(7-5-16)29-15-19-3-2-14-28-19/h4-11,19,23H,2-3,12-15H2,1H3,(H,22,24)/t19-/m1/s1. The Morgan fingerprint density at radius 1 is 1.07 bits per heavy atom. The Morgan fingerprint density at radius 2 is 1.77 bits per heavy atom. The topological polar surface area (TPSA) is 103 Å². The molecule has 1 heterocycles. The Hall–Kier alpha value is -2.62. The summed E-state index contributed by atoms with van der Waals surface area (Å²) in [6.07, 6.45) is 2.20. The predicted molar refractivity (Wildman–Crippen MR) is 111 cm³/mol. The Kier molecular flexibility index (Phi) is 7.67. The summed E-state index contributed by atoms with van der Waals surface area (Å²) in [6.45, 7) is 1.51. The summed E-state index contributed by atoms with van der Waals surface area (Å²) in [5, 5.41) is 2.69. The van der Waals surface area contributed by atoms with E-state index in [-0.39, 0.29) is 30.0 Å². The molecule has 0 aliphatic carbocycles. The summed E-state index contributed by atoms with van der Waals surface area (Å²) in [7, 11) is -2.14. The van der Waals surface area contributed by atoms with Crippen LogP contribution in [0.4, 0.5) is 0 Å². The normalized spacial score (nSPS) is 16.2. The number of carbonyl (C=O) groups excluding carboxylic acids is 1. The predicted octanol–water partition coefficient (Wildman–Crippen LogP) is 1.96. The molecule has 8 nitrogen and oxygen atoms in total. The molecule has 1 aliphatic rings. The first kappa shape index (κ1) is 22.1. The van der Waals surface area contributed by atoms with Gasteiger partial charge in [-0.1, -0.05) is 0 Å². The highest BCUT2D eigenvalue weighted by Crippen LogP contribution is 2.17. The van der Waals surface area contributed by atoms with Crippen molar-refractivity contribution in [1.82, 2.24) is 10.0 Å². The Morgan fingerprint density at radius 3 is 2.40 bits per heavy atom. The summed E-state index contributed by atoms with van der Waals surface area (Å²) in [5.41, 5.74) is 0.470.